The summed E-state index contributed by atoms with van der Waals surface area (Å²) < 4.78 is 17.5. The second-order valence-electron chi connectivity index (χ2n) is 8.49. The van der Waals surface area contributed by atoms with Gasteiger partial charge in [-0.2, -0.15) is 0 Å². The molecule has 1 saturated heterocycles. The molecule has 0 aromatic heterocycles. The lowest BCUT2D eigenvalue weighted by molar-refractivity contribution is -0.105. The lowest BCUT2D eigenvalue weighted by atomic mass is 9.76. The first kappa shape index (κ1) is 23.7. The van der Waals surface area contributed by atoms with Crippen molar-refractivity contribution < 1.29 is 14.2 Å². The Kier molecular flexibility index (Phi) is 8.68. The fourth-order valence-electron chi connectivity index (χ4n) is 4.66. The van der Waals surface area contributed by atoms with Crippen LogP contribution < -0.4 is 9.47 Å². The van der Waals surface area contributed by atoms with Crippen molar-refractivity contribution in [2.45, 2.75) is 50.7 Å². The summed E-state index contributed by atoms with van der Waals surface area (Å²) in [7, 11) is 0. The van der Waals surface area contributed by atoms with Crippen LogP contribution in [0.3, 0.4) is 0 Å². The average Bonchev–Trinajstić information content (AvgIpc) is 2.88. The molecular weight excluding hydrogens is 432 g/mol. The van der Waals surface area contributed by atoms with E-state index in [0.29, 0.717) is 18.4 Å². The number of rotatable bonds is 10. The van der Waals surface area contributed by atoms with Gasteiger partial charge >= 0.3 is 0 Å². The first-order chi connectivity index (χ1) is 16.3. The van der Waals surface area contributed by atoms with E-state index in [4.69, 9.17) is 25.8 Å². The molecule has 3 unspecified atom stereocenters. The van der Waals surface area contributed by atoms with Crippen molar-refractivity contribution in [1.82, 2.24) is 0 Å². The van der Waals surface area contributed by atoms with Gasteiger partial charge in [0.15, 0.2) is 6.29 Å². The van der Waals surface area contributed by atoms with Gasteiger partial charge in [0, 0.05) is 12.3 Å². The lowest BCUT2D eigenvalue weighted by Gasteiger charge is -2.29. The van der Waals surface area contributed by atoms with E-state index in [0.717, 1.165) is 43.8 Å². The van der Waals surface area contributed by atoms with E-state index >= 15 is 0 Å². The van der Waals surface area contributed by atoms with Gasteiger partial charge in [-0.05, 0) is 66.1 Å². The zero-order valence-electron chi connectivity index (χ0n) is 19.3. The SMILES string of the molecule is CCC(c1ccccc1)C(c1ccc(OCCCl)cc1)c1ccc(OC2CCCCO2)cc1. The molecule has 0 saturated carbocycles. The van der Waals surface area contributed by atoms with Crippen LogP contribution in [0.4, 0.5) is 0 Å². The highest BCUT2D eigenvalue weighted by molar-refractivity contribution is 6.18. The predicted molar refractivity (Wildman–Crippen MR) is 135 cm³/mol. The van der Waals surface area contributed by atoms with Crippen molar-refractivity contribution in [1.29, 1.82) is 0 Å². The van der Waals surface area contributed by atoms with Crippen LogP contribution >= 0.6 is 11.6 Å². The summed E-state index contributed by atoms with van der Waals surface area (Å²) in [6.07, 6.45) is 4.13. The minimum atomic E-state index is -0.131. The van der Waals surface area contributed by atoms with Crippen molar-refractivity contribution in [2.75, 3.05) is 19.1 Å². The van der Waals surface area contributed by atoms with Crippen LogP contribution in [0.1, 0.15) is 61.1 Å². The Hall–Kier alpha value is -2.49. The molecule has 174 valence electrons. The Balaban J connectivity index is 1.62. The zero-order valence-corrected chi connectivity index (χ0v) is 20.0. The molecule has 1 heterocycles. The summed E-state index contributed by atoms with van der Waals surface area (Å²) >= 11 is 5.77. The Morgan fingerprint density at radius 3 is 2.09 bits per heavy atom. The number of hydrogen-bond acceptors (Lipinski definition) is 3. The number of alkyl halides is 1. The molecule has 1 aliphatic rings. The molecule has 0 radical (unpaired) electrons. The maximum atomic E-state index is 6.07. The first-order valence-electron chi connectivity index (χ1n) is 12.0. The molecule has 0 bridgehead atoms. The molecule has 3 nitrogen and oxygen atoms in total. The molecule has 0 aliphatic carbocycles. The van der Waals surface area contributed by atoms with Crippen molar-refractivity contribution in [3.63, 3.8) is 0 Å². The highest BCUT2D eigenvalue weighted by Gasteiger charge is 2.25. The molecule has 4 heteroatoms. The highest BCUT2D eigenvalue weighted by atomic mass is 35.5. The van der Waals surface area contributed by atoms with E-state index in [-0.39, 0.29) is 12.2 Å². The van der Waals surface area contributed by atoms with Gasteiger partial charge in [-0.25, -0.2) is 0 Å². The predicted octanol–water partition coefficient (Wildman–Crippen LogP) is 7.54. The summed E-state index contributed by atoms with van der Waals surface area (Å²) in [5.41, 5.74) is 3.90. The van der Waals surface area contributed by atoms with Gasteiger partial charge in [-0.15, -0.1) is 11.6 Å². The van der Waals surface area contributed by atoms with Gasteiger partial charge in [-0.1, -0.05) is 61.5 Å². The van der Waals surface area contributed by atoms with Crippen LogP contribution in [0.15, 0.2) is 78.9 Å². The fourth-order valence-corrected chi connectivity index (χ4v) is 4.74. The quantitative estimate of drug-likeness (QED) is 0.290. The van der Waals surface area contributed by atoms with Gasteiger partial charge < -0.3 is 14.2 Å². The van der Waals surface area contributed by atoms with Gasteiger partial charge in [-0.3, -0.25) is 0 Å². The van der Waals surface area contributed by atoms with Gasteiger partial charge in [0.2, 0.25) is 0 Å². The second kappa shape index (κ2) is 12.1. The summed E-state index contributed by atoms with van der Waals surface area (Å²) in [4.78, 5) is 0. The third-order valence-electron chi connectivity index (χ3n) is 6.30. The van der Waals surface area contributed by atoms with Crippen LogP contribution in [0, 0.1) is 0 Å². The number of hydrogen-bond donors (Lipinski definition) is 0. The minimum Gasteiger partial charge on any atom is -0.492 e. The van der Waals surface area contributed by atoms with Crippen molar-refractivity contribution >= 4 is 11.6 Å². The standard InChI is InChI=1S/C29H33ClO3/c1-2-27(22-8-4-3-5-9-22)29(23-11-15-25(16-12-23)31-21-19-30)24-13-17-26(18-14-24)33-28-10-6-7-20-32-28/h3-5,8-9,11-18,27-29H,2,6-7,10,19-21H2,1H3. The summed E-state index contributed by atoms with van der Waals surface area (Å²) in [6.45, 7) is 3.56. The van der Waals surface area contributed by atoms with E-state index < -0.39 is 0 Å². The fraction of sp³-hybridized carbons (Fsp3) is 0.379. The number of ether oxygens (including phenoxy) is 3. The van der Waals surface area contributed by atoms with Gasteiger partial charge in [0.1, 0.15) is 18.1 Å². The number of benzene rings is 3. The van der Waals surface area contributed by atoms with Crippen LogP contribution in [-0.4, -0.2) is 25.4 Å². The average molecular weight is 465 g/mol. The Morgan fingerprint density at radius 1 is 0.848 bits per heavy atom. The molecule has 1 aliphatic heterocycles. The molecule has 0 spiro atoms. The molecule has 1 fully saturated rings. The van der Waals surface area contributed by atoms with Crippen LogP contribution in [0.2, 0.25) is 0 Å². The molecule has 0 amide bonds. The van der Waals surface area contributed by atoms with Crippen LogP contribution in [0.25, 0.3) is 0 Å². The van der Waals surface area contributed by atoms with Gasteiger partial charge in [0.25, 0.3) is 0 Å². The first-order valence-corrected chi connectivity index (χ1v) is 12.5. The lowest BCUT2D eigenvalue weighted by Crippen LogP contribution is -2.24. The second-order valence-corrected chi connectivity index (χ2v) is 8.87. The molecule has 3 aromatic carbocycles. The highest BCUT2D eigenvalue weighted by Crippen LogP contribution is 2.41. The molecule has 3 aromatic rings. The van der Waals surface area contributed by atoms with Crippen LogP contribution in [0.5, 0.6) is 11.5 Å². The molecule has 3 atom stereocenters. The van der Waals surface area contributed by atoms with Crippen LogP contribution in [-0.2, 0) is 4.74 Å². The van der Waals surface area contributed by atoms with Crippen molar-refractivity contribution in [2.24, 2.45) is 0 Å². The maximum Gasteiger partial charge on any atom is 0.199 e. The van der Waals surface area contributed by atoms with E-state index in [1.807, 2.05) is 12.1 Å². The third-order valence-corrected chi connectivity index (χ3v) is 6.45. The monoisotopic (exact) mass is 464 g/mol. The normalized spacial score (nSPS) is 17.8. The van der Waals surface area contributed by atoms with E-state index in [9.17, 15) is 0 Å². The number of halogens is 1. The minimum absolute atomic E-state index is 0.131. The molecule has 0 N–H and O–H groups in total. The molecular formula is C29H33ClO3. The van der Waals surface area contributed by atoms with Crippen molar-refractivity contribution in [3.8, 4) is 11.5 Å². The van der Waals surface area contributed by atoms with Crippen molar-refractivity contribution in [3.05, 3.63) is 95.6 Å². The smallest absolute Gasteiger partial charge is 0.199 e. The van der Waals surface area contributed by atoms with Gasteiger partial charge in [0.05, 0.1) is 12.5 Å². The molecule has 33 heavy (non-hydrogen) atoms. The summed E-state index contributed by atoms with van der Waals surface area (Å²) in [5, 5.41) is 0. The summed E-state index contributed by atoms with van der Waals surface area (Å²) in [6, 6.07) is 27.8. The Labute approximate surface area is 202 Å². The summed E-state index contributed by atoms with van der Waals surface area (Å²) in [5.74, 6) is 2.77. The third kappa shape index (κ3) is 6.31. The zero-order chi connectivity index (χ0) is 22.9. The van der Waals surface area contributed by atoms with E-state index in [2.05, 4.69) is 73.7 Å². The Morgan fingerprint density at radius 2 is 1.52 bits per heavy atom. The largest absolute Gasteiger partial charge is 0.492 e. The van der Waals surface area contributed by atoms with E-state index in [1.54, 1.807) is 0 Å². The Bertz CT molecular complexity index is 950. The topological polar surface area (TPSA) is 27.7 Å². The van der Waals surface area contributed by atoms with E-state index in [1.165, 1.54) is 16.7 Å². The molecule has 4 rings (SSSR count). The maximum absolute atomic E-state index is 6.07.